The Morgan fingerprint density at radius 1 is 1.35 bits per heavy atom. The van der Waals surface area contributed by atoms with Crippen LogP contribution in [-0.2, 0) is 10.0 Å². The average Bonchev–Trinajstić information content (AvgIpc) is 2.70. The third-order valence-electron chi connectivity index (χ3n) is 2.65. The van der Waals surface area contributed by atoms with Crippen molar-refractivity contribution >= 4 is 43.9 Å². The van der Waals surface area contributed by atoms with Gasteiger partial charge in [0.15, 0.2) is 0 Å². The normalized spacial score (nSPS) is 18.9. The Hall–Kier alpha value is -0.990. The number of nitrogens with one attached hydrogen (secondary N) is 1. The Bertz CT molecular complexity index is 656. The number of halogens is 1. The first-order chi connectivity index (χ1) is 9.29. The molecule has 0 aliphatic carbocycles. The number of amides is 2. The first kappa shape index (κ1) is 15.4. The van der Waals surface area contributed by atoms with Crippen molar-refractivity contribution in [3.63, 3.8) is 0 Å². The first-order valence-corrected chi connectivity index (χ1v) is 8.87. The third kappa shape index (κ3) is 3.36. The van der Waals surface area contributed by atoms with Crippen molar-refractivity contribution in [1.29, 1.82) is 0 Å². The smallest absolute Gasteiger partial charge is 0.246 e. The van der Waals surface area contributed by atoms with Gasteiger partial charge >= 0.3 is 6.03 Å². The largest absolute Gasteiger partial charge is 0.345 e. The summed E-state index contributed by atoms with van der Waals surface area (Å²) in [5.74, 6) is 0. The van der Waals surface area contributed by atoms with Gasteiger partial charge in [0, 0.05) is 10.7 Å². The van der Waals surface area contributed by atoms with E-state index >= 15 is 0 Å². The summed E-state index contributed by atoms with van der Waals surface area (Å²) in [6.45, 7) is 3.77. The molecule has 0 saturated carbocycles. The van der Waals surface area contributed by atoms with Crippen LogP contribution in [0.1, 0.15) is 12.5 Å². The average molecular weight is 377 g/mol. The van der Waals surface area contributed by atoms with Crippen LogP contribution in [0.15, 0.2) is 39.8 Å². The molecule has 1 aliphatic heterocycles. The molecule has 2 amide bonds. The Morgan fingerprint density at radius 2 is 1.95 bits per heavy atom. The Labute approximate surface area is 130 Å². The maximum absolute atomic E-state index is 12.1. The molecule has 0 aromatic heterocycles. The minimum absolute atomic E-state index is 0.0664. The lowest BCUT2D eigenvalue weighted by Crippen LogP contribution is -2.36. The van der Waals surface area contributed by atoms with E-state index in [4.69, 9.17) is 0 Å². The first-order valence-electron chi connectivity index (χ1n) is 5.76. The summed E-state index contributed by atoms with van der Waals surface area (Å²) in [6, 6.07) is 5.62. The lowest BCUT2D eigenvalue weighted by Gasteiger charge is -2.14. The highest BCUT2D eigenvalue weighted by atomic mass is 79.9. The minimum Gasteiger partial charge on any atom is -0.246 e. The highest BCUT2D eigenvalue weighted by Gasteiger charge is 2.28. The van der Waals surface area contributed by atoms with Gasteiger partial charge in [0.2, 0.25) is 0 Å². The van der Waals surface area contributed by atoms with E-state index < -0.39 is 16.1 Å². The van der Waals surface area contributed by atoms with E-state index in [-0.39, 0.29) is 10.1 Å². The van der Waals surface area contributed by atoms with E-state index in [0.29, 0.717) is 0 Å². The van der Waals surface area contributed by atoms with Gasteiger partial charge in [-0.1, -0.05) is 33.6 Å². The summed E-state index contributed by atoms with van der Waals surface area (Å²) < 4.78 is 28.3. The van der Waals surface area contributed by atoms with Crippen LogP contribution in [0.3, 0.4) is 0 Å². The molecule has 8 heteroatoms. The number of urea groups is 1. The monoisotopic (exact) mass is 376 g/mol. The molecule has 0 fully saturated rings. The summed E-state index contributed by atoms with van der Waals surface area (Å²) in [7, 11) is -3.85. The second-order valence-corrected chi connectivity index (χ2v) is 8.22. The van der Waals surface area contributed by atoms with Crippen LogP contribution < -0.4 is 4.72 Å². The van der Waals surface area contributed by atoms with Gasteiger partial charge in [-0.05, 0) is 37.9 Å². The quantitative estimate of drug-likeness (QED) is 0.805. The van der Waals surface area contributed by atoms with Crippen LogP contribution in [0.2, 0.25) is 0 Å². The van der Waals surface area contributed by atoms with Crippen molar-refractivity contribution in [1.82, 2.24) is 9.03 Å². The molecule has 2 rings (SSSR count). The van der Waals surface area contributed by atoms with Gasteiger partial charge in [0.1, 0.15) is 0 Å². The van der Waals surface area contributed by atoms with Crippen LogP contribution in [0.5, 0.6) is 0 Å². The summed E-state index contributed by atoms with van der Waals surface area (Å²) >= 11 is 4.55. The Balaban J connectivity index is 2.13. The number of hydrogen-bond acceptors (Lipinski definition) is 4. The molecule has 1 aromatic rings. The van der Waals surface area contributed by atoms with Gasteiger partial charge in [0.25, 0.3) is 10.0 Å². The van der Waals surface area contributed by atoms with Crippen LogP contribution in [0.4, 0.5) is 4.79 Å². The van der Waals surface area contributed by atoms with Crippen molar-refractivity contribution in [2.45, 2.75) is 24.0 Å². The zero-order chi connectivity index (χ0) is 14.9. The van der Waals surface area contributed by atoms with Crippen LogP contribution in [0, 0.1) is 6.92 Å². The van der Waals surface area contributed by atoms with E-state index in [1.54, 1.807) is 18.3 Å². The van der Waals surface area contributed by atoms with E-state index in [9.17, 15) is 13.2 Å². The maximum Gasteiger partial charge on any atom is 0.345 e. The standard InChI is InChI=1S/C12H13BrN2O3S2/c1-8-3-5-10(6-4-8)20(17,18)14-12(16)15-7-11(13)9(2)19-15/h3-7,9H,1-2H3,(H,14,16). The van der Waals surface area contributed by atoms with Gasteiger partial charge < -0.3 is 0 Å². The molecule has 108 valence electrons. The fraction of sp³-hybridized carbons (Fsp3) is 0.250. The molecular weight excluding hydrogens is 364 g/mol. The Kier molecular flexibility index (Phi) is 4.46. The van der Waals surface area contributed by atoms with E-state index in [1.807, 2.05) is 18.6 Å². The summed E-state index contributed by atoms with van der Waals surface area (Å²) in [4.78, 5) is 12.0. The SMILES string of the molecule is Cc1ccc(S(=O)(=O)NC(=O)N2C=C(Br)C(C)S2)cc1. The number of aryl methyl sites for hydroxylation is 1. The number of rotatable bonds is 2. The fourth-order valence-corrected chi connectivity index (χ4v) is 3.92. The van der Waals surface area contributed by atoms with Gasteiger partial charge in [-0.3, -0.25) is 0 Å². The van der Waals surface area contributed by atoms with Crippen molar-refractivity contribution in [2.75, 3.05) is 0 Å². The lowest BCUT2D eigenvalue weighted by atomic mass is 10.2. The van der Waals surface area contributed by atoms with Gasteiger partial charge in [-0.2, -0.15) is 0 Å². The summed E-state index contributed by atoms with van der Waals surface area (Å²) in [6.07, 6.45) is 1.56. The number of carbonyl (C=O) groups excluding carboxylic acids is 1. The molecule has 1 aliphatic rings. The van der Waals surface area contributed by atoms with Crippen LogP contribution in [0.25, 0.3) is 0 Å². The fourth-order valence-electron chi connectivity index (χ4n) is 1.51. The zero-order valence-electron chi connectivity index (χ0n) is 10.8. The topological polar surface area (TPSA) is 66.5 Å². The molecule has 0 bridgehead atoms. The van der Waals surface area contributed by atoms with E-state index in [0.717, 1.165) is 10.0 Å². The van der Waals surface area contributed by atoms with Gasteiger partial charge in [0.05, 0.1) is 10.1 Å². The highest BCUT2D eigenvalue weighted by molar-refractivity contribution is 9.12. The molecule has 0 saturated heterocycles. The predicted octanol–water partition coefficient (Wildman–Crippen LogP) is 2.98. The molecule has 1 N–H and O–H groups in total. The molecule has 20 heavy (non-hydrogen) atoms. The molecule has 5 nitrogen and oxygen atoms in total. The molecular formula is C12H13BrN2O3S2. The van der Waals surface area contributed by atoms with Crippen molar-refractivity contribution < 1.29 is 13.2 Å². The number of hydrogen-bond donors (Lipinski definition) is 1. The molecule has 0 radical (unpaired) electrons. The molecule has 1 aromatic carbocycles. The summed E-state index contributed by atoms with van der Waals surface area (Å²) in [5.41, 5.74) is 0.950. The predicted molar refractivity (Wildman–Crippen MR) is 82.8 cm³/mol. The molecule has 1 unspecified atom stereocenters. The van der Waals surface area contributed by atoms with Gasteiger partial charge in [-0.15, -0.1) is 0 Å². The summed E-state index contributed by atoms with van der Waals surface area (Å²) in [5, 5.41) is 0.0860. The minimum atomic E-state index is -3.85. The number of nitrogens with zero attached hydrogens (tertiary/aromatic N) is 1. The molecule has 0 spiro atoms. The second kappa shape index (κ2) is 5.79. The Morgan fingerprint density at radius 3 is 2.45 bits per heavy atom. The van der Waals surface area contributed by atoms with E-state index in [2.05, 4.69) is 15.9 Å². The van der Waals surface area contributed by atoms with E-state index in [1.165, 1.54) is 28.4 Å². The maximum atomic E-state index is 12.1. The van der Waals surface area contributed by atoms with Gasteiger partial charge in [-0.25, -0.2) is 22.2 Å². The van der Waals surface area contributed by atoms with Crippen molar-refractivity contribution in [3.8, 4) is 0 Å². The number of benzene rings is 1. The van der Waals surface area contributed by atoms with Crippen molar-refractivity contribution in [2.24, 2.45) is 0 Å². The highest BCUT2D eigenvalue weighted by Crippen LogP contribution is 2.34. The van der Waals surface area contributed by atoms with Crippen LogP contribution >= 0.6 is 27.9 Å². The third-order valence-corrected chi connectivity index (χ3v) is 6.25. The van der Waals surface area contributed by atoms with Crippen molar-refractivity contribution in [3.05, 3.63) is 40.5 Å². The van der Waals surface area contributed by atoms with Crippen LogP contribution in [-0.4, -0.2) is 24.0 Å². The number of carbonyl (C=O) groups is 1. The zero-order valence-corrected chi connectivity index (χ0v) is 14.0. The number of sulfonamides is 1. The molecule has 1 atom stereocenters. The second-order valence-electron chi connectivity index (χ2n) is 4.31. The molecule has 1 heterocycles. The lowest BCUT2D eigenvalue weighted by molar-refractivity contribution is 0.239.